The minimum absolute atomic E-state index is 0.0476. The average Bonchev–Trinajstić information content (AvgIpc) is 2.75. The summed E-state index contributed by atoms with van der Waals surface area (Å²) in [6.45, 7) is 10.5. The molecule has 1 heterocycles. The number of aliphatic hydroxyl groups excluding tert-OH is 1. The Bertz CT molecular complexity index is 586. The molecule has 1 N–H and O–H groups in total. The quantitative estimate of drug-likeness (QED) is 0.418. The topological polar surface area (TPSA) is 46.5 Å². The minimum Gasteiger partial charge on any atom is -0.454 e. The second kappa shape index (κ2) is 5.94. The normalized spacial score (nSPS) is 43.7. The number of hydrogen-bond acceptors (Lipinski definition) is 3. The number of allylic oxidation sites excluding steroid dienone is 2. The molecule has 126 valence electrons. The second-order valence-electron chi connectivity index (χ2n) is 7.85. The van der Waals surface area contributed by atoms with Crippen LogP contribution in [-0.4, -0.2) is 23.3 Å². The SMILES string of the molecule is C=C1C(=O)O[C@H]2/C=C(\C)CC[C@@H]3C(C)=CC[C@H](O)[C@@]3(C)CC[C@@H]12. The van der Waals surface area contributed by atoms with E-state index < -0.39 is 0 Å². The number of ether oxygens (including phenoxy) is 1. The van der Waals surface area contributed by atoms with Gasteiger partial charge in [-0.1, -0.05) is 30.7 Å². The van der Waals surface area contributed by atoms with Crippen LogP contribution < -0.4 is 0 Å². The number of rotatable bonds is 0. The van der Waals surface area contributed by atoms with E-state index in [9.17, 15) is 9.90 Å². The highest BCUT2D eigenvalue weighted by molar-refractivity contribution is 5.91. The van der Waals surface area contributed by atoms with Crippen molar-refractivity contribution in [2.45, 2.75) is 65.1 Å². The molecule has 0 spiro atoms. The molecule has 0 amide bonds. The summed E-state index contributed by atoms with van der Waals surface area (Å²) < 4.78 is 5.51. The molecule has 0 aromatic rings. The summed E-state index contributed by atoms with van der Waals surface area (Å²) in [4.78, 5) is 11.9. The van der Waals surface area contributed by atoms with Crippen LogP contribution >= 0.6 is 0 Å². The van der Waals surface area contributed by atoms with Crippen molar-refractivity contribution in [3.8, 4) is 0 Å². The van der Waals surface area contributed by atoms with E-state index in [1.165, 1.54) is 11.1 Å². The molecule has 3 nitrogen and oxygen atoms in total. The zero-order valence-corrected chi connectivity index (χ0v) is 14.5. The maximum Gasteiger partial charge on any atom is 0.334 e. The summed E-state index contributed by atoms with van der Waals surface area (Å²) in [5.74, 6) is 0.189. The monoisotopic (exact) mass is 316 g/mol. The third-order valence-corrected chi connectivity index (χ3v) is 6.39. The predicted octanol–water partition coefficient (Wildman–Crippen LogP) is 3.94. The predicted molar refractivity (Wildman–Crippen MR) is 90.7 cm³/mol. The number of carbonyl (C=O) groups excluding carboxylic acids is 1. The van der Waals surface area contributed by atoms with Gasteiger partial charge in [-0.15, -0.1) is 0 Å². The second-order valence-corrected chi connectivity index (χ2v) is 7.85. The van der Waals surface area contributed by atoms with Crippen molar-refractivity contribution in [1.29, 1.82) is 0 Å². The first-order valence-electron chi connectivity index (χ1n) is 8.74. The Kier molecular flexibility index (Phi) is 4.26. The molecule has 0 radical (unpaired) electrons. The van der Waals surface area contributed by atoms with Gasteiger partial charge in [-0.3, -0.25) is 0 Å². The van der Waals surface area contributed by atoms with E-state index in [2.05, 4.69) is 39.5 Å². The molecular weight excluding hydrogens is 288 g/mol. The molecule has 2 aliphatic carbocycles. The number of esters is 1. The lowest BCUT2D eigenvalue weighted by atomic mass is 9.60. The van der Waals surface area contributed by atoms with Crippen LogP contribution in [-0.2, 0) is 9.53 Å². The molecule has 0 aromatic heterocycles. The molecule has 0 unspecified atom stereocenters. The molecule has 3 rings (SSSR count). The van der Waals surface area contributed by atoms with Crippen molar-refractivity contribution >= 4 is 5.97 Å². The summed E-state index contributed by atoms with van der Waals surface area (Å²) in [6.07, 6.45) is 8.32. The summed E-state index contributed by atoms with van der Waals surface area (Å²) in [5, 5.41) is 10.7. The van der Waals surface area contributed by atoms with Crippen molar-refractivity contribution < 1.29 is 14.6 Å². The van der Waals surface area contributed by atoms with Gasteiger partial charge in [-0.05, 0) is 57.9 Å². The maximum absolute atomic E-state index is 11.9. The van der Waals surface area contributed by atoms with Crippen LogP contribution in [0.1, 0.15) is 52.9 Å². The van der Waals surface area contributed by atoms with Gasteiger partial charge in [0.2, 0.25) is 0 Å². The zero-order valence-electron chi connectivity index (χ0n) is 14.5. The summed E-state index contributed by atoms with van der Waals surface area (Å²) in [5.41, 5.74) is 3.13. The molecule has 0 bridgehead atoms. The number of aliphatic hydroxyl groups is 1. The van der Waals surface area contributed by atoms with Gasteiger partial charge in [-0.25, -0.2) is 4.79 Å². The van der Waals surface area contributed by atoms with Gasteiger partial charge in [0.15, 0.2) is 0 Å². The third-order valence-electron chi connectivity index (χ3n) is 6.39. The fourth-order valence-electron chi connectivity index (χ4n) is 4.68. The van der Waals surface area contributed by atoms with E-state index >= 15 is 0 Å². The minimum atomic E-state index is -0.315. The van der Waals surface area contributed by atoms with E-state index in [0.717, 1.165) is 32.1 Å². The van der Waals surface area contributed by atoms with Crippen LogP contribution in [0.4, 0.5) is 0 Å². The molecule has 0 aromatic carbocycles. The summed E-state index contributed by atoms with van der Waals surface area (Å²) in [6, 6.07) is 0. The van der Waals surface area contributed by atoms with Crippen molar-refractivity contribution in [2.75, 3.05) is 0 Å². The van der Waals surface area contributed by atoms with E-state index in [4.69, 9.17) is 4.74 Å². The molecule has 0 saturated carbocycles. The fraction of sp³-hybridized carbons (Fsp3) is 0.650. The van der Waals surface area contributed by atoms with Gasteiger partial charge < -0.3 is 9.84 Å². The Labute approximate surface area is 139 Å². The number of carbonyl (C=O) groups is 1. The number of hydrogen-bond donors (Lipinski definition) is 1. The summed E-state index contributed by atoms with van der Waals surface area (Å²) in [7, 11) is 0. The van der Waals surface area contributed by atoms with Gasteiger partial charge in [0, 0.05) is 16.9 Å². The lowest BCUT2D eigenvalue weighted by Crippen LogP contribution is -2.43. The fourth-order valence-corrected chi connectivity index (χ4v) is 4.68. The van der Waals surface area contributed by atoms with E-state index in [1.807, 2.05) is 0 Å². The Morgan fingerprint density at radius 2 is 2.09 bits per heavy atom. The molecule has 3 heteroatoms. The van der Waals surface area contributed by atoms with Crippen LogP contribution in [0.2, 0.25) is 0 Å². The lowest BCUT2D eigenvalue weighted by Gasteiger charge is -2.46. The average molecular weight is 316 g/mol. The van der Waals surface area contributed by atoms with Crippen molar-refractivity contribution in [3.63, 3.8) is 0 Å². The van der Waals surface area contributed by atoms with E-state index in [-0.39, 0.29) is 29.5 Å². The van der Waals surface area contributed by atoms with Gasteiger partial charge in [0.05, 0.1) is 6.10 Å². The molecule has 1 fully saturated rings. The van der Waals surface area contributed by atoms with Crippen molar-refractivity contribution in [3.05, 3.63) is 35.5 Å². The highest BCUT2D eigenvalue weighted by atomic mass is 16.5. The highest BCUT2D eigenvalue weighted by Gasteiger charge is 2.46. The van der Waals surface area contributed by atoms with Gasteiger partial charge >= 0.3 is 5.97 Å². The van der Waals surface area contributed by atoms with Crippen LogP contribution in [0.3, 0.4) is 0 Å². The standard InChI is InChI=1S/C20H28O3/c1-12-5-7-16-13(2)6-8-18(21)20(16,4)10-9-15-14(3)19(22)23-17(15)11-12/h6,11,15-18,21H,3,5,7-10H2,1-2,4H3/b12-11+/t15-,16+,17-,18-,20-/m0/s1. The Morgan fingerprint density at radius 1 is 1.35 bits per heavy atom. The molecule has 23 heavy (non-hydrogen) atoms. The molecular formula is C20H28O3. The van der Waals surface area contributed by atoms with Crippen molar-refractivity contribution in [2.24, 2.45) is 17.3 Å². The van der Waals surface area contributed by atoms with E-state index in [1.54, 1.807) is 0 Å². The molecule has 3 aliphatic rings. The molecule has 1 aliphatic heterocycles. The first kappa shape index (κ1) is 16.5. The molecule has 5 atom stereocenters. The lowest BCUT2D eigenvalue weighted by molar-refractivity contribution is -0.137. The zero-order chi connectivity index (χ0) is 16.8. The third kappa shape index (κ3) is 2.80. The van der Waals surface area contributed by atoms with E-state index in [0.29, 0.717) is 11.5 Å². The first-order chi connectivity index (χ1) is 10.8. The van der Waals surface area contributed by atoms with Crippen LogP contribution in [0.5, 0.6) is 0 Å². The largest absolute Gasteiger partial charge is 0.454 e. The van der Waals surface area contributed by atoms with Crippen molar-refractivity contribution in [1.82, 2.24) is 0 Å². The van der Waals surface area contributed by atoms with Gasteiger partial charge in [0.25, 0.3) is 0 Å². The number of fused-ring (bicyclic) bond motifs is 2. The van der Waals surface area contributed by atoms with Gasteiger partial charge in [-0.2, -0.15) is 0 Å². The Hall–Kier alpha value is -1.35. The molecule has 1 saturated heterocycles. The Balaban J connectivity index is 1.95. The maximum atomic E-state index is 11.9. The van der Waals surface area contributed by atoms with Crippen LogP contribution in [0, 0.1) is 17.3 Å². The highest BCUT2D eigenvalue weighted by Crippen LogP contribution is 2.49. The van der Waals surface area contributed by atoms with Gasteiger partial charge in [0.1, 0.15) is 6.10 Å². The van der Waals surface area contributed by atoms with Crippen LogP contribution in [0.15, 0.2) is 35.5 Å². The first-order valence-corrected chi connectivity index (χ1v) is 8.74. The summed E-state index contributed by atoms with van der Waals surface area (Å²) >= 11 is 0. The van der Waals surface area contributed by atoms with Crippen LogP contribution in [0.25, 0.3) is 0 Å². The smallest absolute Gasteiger partial charge is 0.334 e. The Morgan fingerprint density at radius 3 is 2.83 bits per heavy atom.